The van der Waals surface area contributed by atoms with E-state index >= 15 is 0 Å². The highest BCUT2D eigenvalue weighted by atomic mass is 17.2. The zero-order valence-corrected chi connectivity index (χ0v) is 21.1. The number of aliphatic carboxylic acids is 1. The minimum atomic E-state index is -1.03. The van der Waals surface area contributed by atoms with Crippen LogP contribution in [-0.4, -0.2) is 47.8 Å². The molecule has 1 spiro atoms. The van der Waals surface area contributed by atoms with Gasteiger partial charge in [0.2, 0.25) is 5.79 Å². The fraction of sp³-hybridized carbons (Fsp3) is 0.643. The van der Waals surface area contributed by atoms with Crippen LogP contribution < -0.4 is 4.74 Å². The first-order chi connectivity index (χ1) is 17.1. The summed E-state index contributed by atoms with van der Waals surface area (Å²) in [6, 6.07) is 7.48. The Morgan fingerprint density at radius 1 is 1.06 bits per heavy atom. The lowest BCUT2D eigenvalue weighted by Gasteiger charge is -2.60. The van der Waals surface area contributed by atoms with Crippen LogP contribution in [0.15, 0.2) is 30.8 Å². The summed E-state index contributed by atoms with van der Waals surface area (Å²) in [4.78, 5) is 34.3. The van der Waals surface area contributed by atoms with Crippen molar-refractivity contribution in [3.8, 4) is 5.75 Å². The molecule has 4 aliphatic carbocycles. The van der Waals surface area contributed by atoms with Crippen LogP contribution in [0.2, 0.25) is 0 Å². The molecule has 0 radical (unpaired) electrons. The van der Waals surface area contributed by atoms with E-state index in [2.05, 4.69) is 6.58 Å². The van der Waals surface area contributed by atoms with Gasteiger partial charge in [0.15, 0.2) is 0 Å². The van der Waals surface area contributed by atoms with Crippen LogP contribution >= 0.6 is 0 Å². The van der Waals surface area contributed by atoms with E-state index in [9.17, 15) is 9.59 Å². The third-order valence-corrected chi connectivity index (χ3v) is 8.16. The second-order valence-electron chi connectivity index (χ2n) is 11.5. The molecule has 1 atom stereocenters. The number of rotatable bonds is 9. The first-order valence-corrected chi connectivity index (χ1v) is 13.0. The molecule has 1 heterocycles. The number of esters is 1. The van der Waals surface area contributed by atoms with Gasteiger partial charge in [-0.1, -0.05) is 18.7 Å². The highest BCUT2D eigenvalue weighted by Crippen LogP contribution is 2.60. The summed E-state index contributed by atoms with van der Waals surface area (Å²) < 4.78 is 17.6. The quantitative estimate of drug-likeness (QED) is 0.383. The van der Waals surface area contributed by atoms with E-state index in [0.717, 1.165) is 23.0 Å². The Morgan fingerprint density at radius 2 is 1.69 bits per heavy atom. The molecule has 0 aromatic heterocycles. The van der Waals surface area contributed by atoms with E-state index < -0.39 is 23.3 Å². The summed E-state index contributed by atoms with van der Waals surface area (Å²) in [5, 5.41) is 8.67. The van der Waals surface area contributed by atoms with Crippen LogP contribution in [0, 0.1) is 23.7 Å². The van der Waals surface area contributed by atoms with Gasteiger partial charge < -0.3 is 19.3 Å². The number of benzene rings is 1. The van der Waals surface area contributed by atoms with Gasteiger partial charge in [0, 0.05) is 11.8 Å². The Bertz CT molecular complexity index is 959. The van der Waals surface area contributed by atoms with E-state index in [1.54, 1.807) is 13.8 Å². The molecule has 1 N–H and O–H groups in total. The summed E-state index contributed by atoms with van der Waals surface area (Å²) in [7, 11) is 0. The van der Waals surface area contributed by atoms with Gasteiger partial charge in [0.05, 0.1) is 19.4 Å². The van der Waals surface area contributed by atoms with Crippen LogP contribution in [0.25, 0.3) is 5.57 Å². The molecule has 4 saturated carbocycles. The van der Waals surface area contributed by atoms with Crippen molar-refractivity contribution in [2.45, 2.75) is 76.3 Å². The molecule has 5 aliphatic rings. The van der Waals surface area contributed by atoms with Gasteiger partial charge in [-0.2, -0.15) is 4.89 Å². The van der Waals surface area contributed by atoms with Gasteiger partial charge in [0.25, 0.3) is 0 Å². The van der Waals surface area contributed by atoms with E-state index in [1.807, 2.05) is 24.3 Å². The predicted octanol–water partition coefficient (Wildman–Crippen LogP) is 4.76. The summed E-state index contributed by atoms with van der Waals surface area (Å²) in [6.07, 6.45) is 5.31. The van der Waals surface area contributed by atoms with Crippen molar-refractivity contribution in [1.29, 1.82) is 0 Å². The standard InChI is InChI=1S/C28H36O8/c1-17(24-15-33-28(36-35-24)21-11-18-10-19(13-21)14-22(28)12-18)20-4-6-23(7-5-20)34-27(2,3)16-32-26(31)9-8-25(29)30/h4-7,18-19,21-22,24H,1,8-16H2,2-3H3,(H,29,30). The third-order valence-electron chi connectivity index (χ3n) is 8.16. The maximum atomic E-state index is 11.7. The second kappa shape index (κ2) is 9.80. The number of carboxylic acids is 1. The molecule has 196 valence electrons. The number of hydrogen-bond acceptors (Lipinski definition) is 7. The smallest absolute Gasteiger partial charge is 0.306 e. The number of hydrogen-bond donors (Lipinski definition) is 1. The number of ether oxygens (including phenoxy) is 3. The maximum Gasteiger partial charge on any atom is 0.306 e. The van der Waals surface area contributed by atoms with E-state index in [1.165, 1.54) is 32.1 Å². The number of carboxylic acid groups (broad SMARTS) is 1. The first-order valence-electron chi connectivity index (χ1n) is 13.0. The van der Waals surface area contributed by atoms with E-state index in [0.29, 0.717) is 24.2 Å². The van der Waals surface area contributed by atoms with Crippen LogP contribution in [0.3, 0.4) is 0 Å². The molecule has 5 fully saturated rings. The summed E-state index contributed by atoms with van der Waals surface area (Å²) >= 11 is 0. The lowest BCUT2D eigenvalue weighted by atomic mass is 9.53. The molecule has 1 saturated heterocycles. The molecular formula is C28H36O8. The lowest BCUT2D eigenvalue weighted by Crippen LogP contribution is -2.63. The molecular weight excluding hydrogens is 464 g/mol. The van der Waals surface area contributed by atoms with Gasteiger partial charge >= 0.3 is 11.9 Å². The molecule has 8 heteroatoms. The molecule has 8 nitrogen and oxygen atoms in total. The molecule has 1 aliphatic heterocycles. The highest BCUT2D eigenvalue weighted by Gasteiger charge is 2.61. The Kier molecular flexibility index (Phi) is 6.87. The molecule has 36 heavy (non-hydrogen) atoms. The second-order valence-corrected chi connectivity index (χ2v) is 11.5. The largest absolute Gasteiger partial charge is 0.484 e. The van der Waals surface area contributed by atoms with Crippen molar-refractivity contribution in [2.75, 3.05) is 13.2 Å². The van der Waals surface area contributed by atoms with Gasteiger partial charge in [0.1, 0.15) is 24.1 Å². The van der Waals surface area contributed by atoms with Gasteiger partial charge in [-0.25, -0.2) is 4.89 Å². The van der Waals surface area contributed by atoms with Crippen LogP contribution in [0.4, 0.5) is 0 Å². The Balaban J connectivity index is 1.12. The van der Waals surface area contributed by atoms with Crippen LogP contribution in [-0.2, 0) is 28.8 Å². The fourth-order valence-electron chi connectivity index (χ4n) is 6.57. The van der Waals surface area contributed by atoms with Gasteiger partial charge in [-0.3, -0.25) is 9.59 Å². The minimum absolute atomic E-state index is 0.00966. The summed E-state index contributed by atoms with van der Waals surface area (Å²) in [5.74, 6) is 0.952. The van der Waals surface area contributed by atoms with Crippen molar-refractivity contribution >= 4 is 17.5 Å². The molecule has 4 bridgehead atoms. The Hall–Kier alpha value is -2.42. The Labute approximate surface area is 211 Å². The molecule has 0 amide bonds. The monoisotopic (exact) mass is 500 g/mol. The molecule has 1 aromatic rings. The zero-order chi connectivity index (χ0) is 25.5. The van der Waals surface area contributed by atoms with Crippen molar-refractivity contribution in [1.82, 2.24) is 0 Å². The van der Waals surface area contributed by atoms with E-state index in [-0.39, 0.29) is 25.6 Å². The number of carbonyl (C=O) groups excluding carboxylic acids is 1. The van der Waals surface area contributed by atoms with Crippen molar-refractivity contribution in [2.24, 2.45) is 23.7 Å². The van der Waals surface area contributed by atoms with Crippen molar-refractivity contribution in [3.05, 3.63) is 36.4 Å². The number of carbonyl (C=O) groups is 2. The SMILES string of the molecule is C=C(c1ccc(OC(C)(C)COC(=O)CCC(=O)O)cc1)C1COC2(OO1)C1CC3CC(C1)CC2C3. The molecule has 6 rings (SSSR count). The molecule has 1 unspecified atom stereocenters. The zero-order valence-electron chi connectivity index (χ0n) is 21.1. The average Bonchev–Trinajstić information content (AvgIpc) is 2.84. The van der Waals surface area contributed by atoms with Crippen molar-refractivity contribution < 1.29 is 38.7 Å². The topological polar surface area (TPSA) is 101 Å². The van der Waals surface area contributed by atoms with Crippen molar-refractivity contribution in [3.63, 3.8) is 0 Å². The Morgan fingerprint density at radius 3 is 2.25 bits per heavy atom. The third kappa shape index (κ3) is 5.17. The predicted molar refractivity (Wildman–Crippen MR) is 130 cm³/mol. The maximum absolute atomic E-state index is 11.7. The summed E-state index contributed by atoms with van der Waals surface area (Å²) in [5.41, 5.74) is 0.906. The van der Waals surface area contributed by atoms with Gasteiger partial charge in [-0.05, 0) is 81.1 Å². The van der Waals surface area contributed by atoms with Crippen LogP contribution in [0.5, 0.6) is 5.75 Å². The van der Waals surface area contributed by atoms with E-state index in [4.69, 9.17) is 29.1 Å². The first kappa shape index (κ1) is 25.2. The average molecular weight is 501 g/mol. The molecule has 1 aromatic carbocycles. The van der Waals surface area contributed by atoms with Gasteiger partial charge in [-0.15, -0.1) is 0 Å². The minimum Gasteiger partial charge on any atom is -0.484 e. The highest BCUT2D eigenvalue weighted by molar-refractivity contribution is 5.76. The normalized spacial score (nSPS) is 32.9. The lowest BCUT2D eigenvalue weighted by molar-refractivity contribution is -0.517. The summed E-state index contributed by atoms with van der Waals surface area (Å²) in [6.45, 7) is 8.27. The van der Waals surface area contributed by atoms with Crippen LogP contribution in [0.1, 0.15) is 64.4 Å². The fourth-order valence-corrected chi connectivity index (χ4v) is 6.57.